The molecule has 3 aromatic rings. The summed E-state index contributed by atoms with van der Waals surface area (Å²) in [6.07, 6.45) is 4.65. The molecule has 6 heteroatoms. The molecule has 0 saturated carbocycles. The van der Waals surface area contributed by atoms with Crippen LogP contribution in [0.15, 0.2) is 40.3 Å². The van der Waals surface area contributed by atoms with Crippen LogP contribution in [-0.2, 0) is 6.42 Å². The van der Waals surface area contributed by atoms with Crippen molar-refractivity contribution in [1.29, 1.82) is 0 Å². The van der Waals surface area contributed by atoms with Gasteiger partial charge in [0.1, 0.15) is 0 Å². The van der Waals surface area contributed by atoms with Crippen LogP contribution in [0, 0.1) is 0 Å². The van der Waals surface area contributed by atoms with Gasteiger partial charge >= 0.3 is 0 Å². The number of rotatable bonds is 4. The van der Waals surface area contributed by atoms with Gasteiger partial charge in [0, 0.05) is 12.6 Å². The molecule has 3 aromatic heterocycles. The average Bonchev–Trinajstić information content (AvgIpc) is 3.06. The summed E-state index contributed by atoms with van der Waals surface area (Å²) >= 11 is 1.61. The van der Waals surface area contributed by atoms with E-state index in [0.29, 0.717) is 5.89 Å². The standard InChI is InChI=1S/C13H14N4OS/c1-3-11-15-12(18-16-11)9(2)19-13-14-8-10-6-4-5-7-17(10)13/h4-9H,3H2,1-2H3. The van der Waals surface area contributed by atoms with Crippen LogP contribution in [0.25, 0.3) is 5.52 Å². The Hall–Kier alpha value is -1.82. The topological polar surface area (TPSA) is 56.2 Å². The van der Waals surface area contributed by atoms with Gasteiger partial charge in [-0.1, -0.05) is 29.9 Å². The minimum absolute atomic E-state index is 0.0820. The third-order valence-electron chi connectivity index (χ3n) is 2.83. The van der Waals surface area contributed by atoms with Crippen LogP contribution >= 0.6 is 11.8 Å². The Bertz CT molecular complexity index is 691. The fraction of sp³-hybridized carbons (Fsp3) is 0.308. The zero-order chi connectivity index (χ0) is 13.2. The van der Waals surface area contributed by atoms with Crippen molar-refractivity contribution in [3.05, 3.63) is 42.3 Å². The smallest absolute Gasteiger partial charge is 0.239 e. The molecular weight excluding hydrogens is 260 g/mol. The van der Waals surface area contributed by atoms with Gasteiger partial charge in [0.15, 0.2) is 11.0 Å². The third-order valence-corrected chi connectivity index (χ3v) is 3.90. The van der Waals surface area contributed by atoms with Crippen LogP contribution in [0.5, 0.6) is 0 Å². The van der Waals surface area contributed by atoms with Gasteiger partial charge in [-0.2, -0.15) is 4.98 Å². The molecule has 3 rings (SSSR count). The third kappa shape index (κ3) is 2.35. The highest BCUT2D eigenvalue weighted by Gasteiger charge is 2.17. The second kappa shape index (κ2) is 5.05. The monoisotopic (exact) mass is 274 g/mol. The van der Waals surface area contributed by atoms with Crippen LogP contribution in [0.1, 0.15) is 30.8 Å². The van der Waals surface area contributed by atoms with E-state index in [2.05, 4.69) is 19.5 Å². The highest BCUT2D eigenvalue weighted by molar-refractivity contribution is 7.99. The van der Waals surface area contributed by atoms with Crippen LogP contribution in [-0.4, -0.2) is 19.5 Å². The van der Waals surface area contributed by atoms with Crippen LogP contribution < -0.4 is 0 Å². The molecule has 0 saturated heterocycles. The van der Waals surface area contributed by atoms with Crippen molar-refractivity contribution in [2.75, 3.05) is 0 Å². The SMILES string of the molecule is CCc1noc(C(C)Sc2ncc3ccccn23)n1. The zero-order valence-electron chi connectivity index (χ0n) is 10.8. The number of aromatic nitrogens is 4. The summed E-state index contributed by atoms with van der Waals surface area (Å²) in [6.45, 7) is 4.05. The lowest BCUT2D eigenvalue weighted by atomic mass is 10.4. The number of thioether (sulfide) groups is 1. The minimum atomic E-state index is 0.0820. The number of fused-ring (bicyclic) bond motifs is 1. The Balaban J connectivity index is 1.84. The van der Waals surface area contributed by atoms with Gasteiger partial charge in [0.05, 0.1) is 17.0 Å². The van der Waals surface area contributed by atoms with Crippen LogP contribution in [0.4, 0.5) is 0 Å². The number of aryl methyl sites for hydroxylation is 1. The Morgan fingerprint density at radius 3 is 3.11 bits per heavy atom. The molecule has 0 aliphatic carbocycles. The molecular formula is C13H14N4OS. The summed E-state index contributed by atoms with van der Waals surface area (Å²) in [4.78, 5) is 8.78. The molecule has 0 bridgehead atoms. The average molecular weight is 274 g/mol. The zero-order valence-corrected chi connectivity index (χ0v) is 11.6. The lowest BCUT2D eigenvalue weighted by Crippen LogP contribution is -1.93. The summed E-state index contributed by atoms with van der Waals surface area (Å²) in [5, 5.41) is 4.93. The van der Waals surface area contributed by atoms with E-state index in [-0.39, 0.29) is 5.25 Å². The van der Waals surface area contributed by atoms with E-state index in [1.807, 2.05) is 44.4 Å². The van der Waals surface area contributed by atoms with E-state index in [9.17, 15) is 0 Å². The molecule has 3 heterocycles. The normalized spacial score (nSPS) is 12.9. The second-order valence-corrected chi connectivity index (χ2v) is 5.51. The van der Waals surface area contributed by atoms with Gasteiger partial charge in [-0.15, -0.1) is 0 Å². The van der Waals surface area contributed by atoms with E-state index in [0.717, 1.165) is 22.9 Å². The lowest BCUT2D eigenvalue weighted by molar-refractivity contribution is 0.375. The van der Waals surface area contributed by atoms with Gasteiger partial charge in [0.2, 0.25) is 5.89 Å². The maximum Gasteiger partial charge on any atom is 0.239 e. The van der Waals surface area contributed by atoms with Gasteiger partial charge in [-0.25, -0.2) is 4.98 Å². The summed E-state index contributed by atoms with van der Waals surface area (Å²) in [7, 11) is 0. The predicted molar refractivity (Wildman–Crippen MR) is 73.1 cm³/mol. The van der Waals surface area contributed by atoms with Gasteiger partial charge < -0.3 is 4.52 Å². The summed E-state index contributed by atoms with van der Waals surface area (Å²) in [6, 6.07) is 6.02. The van der Waals surface area contributed by atoms with Crippen LogP contribution in [0.3, 0.4) is 0 Å². The van der Waals surface area contributed by atoms with Crippen molar-refractivity contribution < 1.29 is 4.52 Å². The number of nitrogens with zero attached hydrogens (tertiary/aromatic N) is 4. The van der Waals surface area contributed by atoms with Crippen molar-refractivity contribution in [1.82, 2.24) is 19.5 Å². The number of hydrogen-bond acceptors (Lipinski definition) is 5. The molecule has 98 valence electrons. The molecule has 1 unspecified atom stereocenters. The van der Waals surface area contributed by atoms with Crippen molar-refractivity contribution in [2.24, 2.45) is 0 Å². The Labute approximate surface area is 115 Å². The second-order valence-electron chi connectivity index (χ2n) is 4.20. The van der Waals surface area contributed by atoms with Crippen molar-refractivity contribution in [3.8, 4) is 0 Å². The molecule has 0 fully saturated rings. The quantitative estimate of drug-likeness (QED) is 0.684. The summed E-state index contributed by atoms with van der Waals surface area (Å²) < 4.78 is 7.31. The Morgan fingerprint density at radius 2 is 2.32 bits per heavy atom. The summed E-state index contributed by atoms with van der Waals surface area (Å²) in [5.41, 5.74) is 1.08. The lowest BCUT2D eigenvalue weighted by Gasteiger charge is -2.05. The highest BCUT2D eigenvalue weighted by Crippen LogP contribution is 2.33. The molecule has 0 aliphatic heterocycles. The highest BCUT2D eigenvalue weighted by atomic mass is 32.2. The maximum atomic E-state index is 5.26. The number of pyridine rings is 1. The molecule has 0 aliphatic rings. The Kier molecular flexibility index (Phi) is 3.25. The van der Waals surface area contributed by atoms with Crippen LogP contribution in [0.2, 0.25) is 0 Å². The Morgan fingerprint density at radius 1 is 1.42 bits per heavy atom. The van der Waals surface area contributed by atoms with Crippen molar-refractivity contribution in [2.45, 2.75) is 30.7 Å². The van der Waals surface area contributed by atoms with E-state index in [1.165, 1.54) is 0 Å². The van der Waals surface area contributed by atoms with Gasteiger partial charge in [0.25, 0.3) is 0 Å². The molecule has 0 radical (unpaired) electrons. The molecule has 0 amide bonds. The van der Waals surface area contributed by atoms with E-state index >= 15 is 0 Å². The van der Waals surface area contributed by atoms with E-state index in [1.54, 1.807) is 11.8 Å². The fourth-order valence-corrected chi connectivity index (χ4v) is 2.70. The van der Waals surface area contributed by atoms with Gasteiger partial charge in [-0.3, -0.25) is 4.40 Å². The first-order valence-electron chi connectivity index (χ1n) is 6.19. The first-order chi connectivity index (χ1) is 9.28. The maximum absolute atomic E-state index is 5.26. The summed E-state index contributed by atoms with van der Waals surface area (Å²) in [5.74, 6) is 1.39. The molecule has 1 atom stereocenters. The van der Waals surface area contributed by atoms with Crippen molar-refractivity contribution >= 4 is 17.3 Å². The first-order valence-corrected chi connectivity index (χ1v) is 7.07. The number of imidazole rings is 1. The molecule has 19 heavy (non-hydrogen) atoms. The largest absolute Gasteiger partial charge is 0.338 e. The first kappa shape index (κ1) is 12.2. The van der Waals surface area contributed by atoms with E-state index in [4.69, 9.17) is 4.52 Å². The van der Waals surface area contributed by atoms with Crippen molar-refractivity contribution in [3.63, 3.8) is 0 Å². The fourth-order valence-electron chi connectivity index (χ4n) is 1.79. The molecule has 5 nitrogen and oxygen atoms in total. The predicted octanol–water partition coefficient (Wildman–Crippen LogP) is 3.13. The van der Waals surface area contributed by atoms with Gasteiger partial charge in [-0.05, 0) is 19.1 Å². The molecule has 0 spiro atoms. The molecule has 0 aromatic carbocycles. The minimum Gasteiger partial charge on any atom is -0.338 e. The van der Waals surface area contributed by atoms with E-state index < -0.39 is 0 Å². The molecule has 0 N–H and O–H groups in total. The number of hydrogen-bond donors (Lipinski definition) is 0.